The van der Waals surface area contributed by atoms with E-state index in [2.05, 4.69) is 0 Å². The Morgan fingerprint density at radius 1 is 1.64 bits per heavy atom. The first-order chi connectivity index (χ1) is 5.09. The Labute approximate surface area is 79.7 Å². The number of hydrogen-bond acceptors (Lipinski definition) is 3. The molecule has 0 rings (SSSR count). The zero-order valence-electron chi connectivity index (χ0n) is 5.96. The van der Waals surface area contributed by atoms with E-state index < -0.39 is 11.4 Å². The second-order valence-corrected chi connectivity index (χ2v) is 3.41. The van der Waals surface area contributed by atoms with Crippen LogP contribution in [-0.4, -0.2) is 32.7 Å². The fraction of sp³-hybridized carbons (Fsp3) is 0.800. The summed E-state index contributed by atoms with van der Waals surface area (Å²) in [6.45, 7) is 1.79. The van der Waals surface area contributed by atoms with Gasteiger partial charge in [-0.1, -0.05) is 6.92 Å². The molecule has 1 unspecified atom stereocenters. The normalized spacial score (nSPS) is 11.3. The van der Waals surface area contributed by atoms with Crippen molar-refractivity contribution in [2.75, 3.05) is 11.1 Å². The Hall–Kier alpha value is 0.360. The van der Waals surface area contributed by atoms with E-state index in [9.17, 15) is 4.79 Å². The van der Waals surface area contributed by atoms with Crippen LogP contribution in [0.5, 0.6) is 0 Å². The summed E-state index contributed by atoms with van der Waals surface area (Å²) >= 11 is 10.5. The summed E-state index contributed by atoms with van der Waals surface area (Å²) in [5, 5.41) is 16.7. The monoisotopic (exact) mass is 220 g/mol. The number of thioether (sulfide) groups is 1. The first kappa shape index (κ1) is 13.9. The second kappa shape index (κ2) is 10.4. The summed E-state index contributed by atoms with van der Waals surface area (Å²) < 4.78 is 0. The third-order valence-corrected chi connectivity index (χ3v) is 1.39. The van der Waals surface area contributed by atoms with Gasteiger partial charge in [-0.2, -0.15) is 0 Å². The van der Waals surface area contributed by atoms with Crippen LogP contribution in [0.1, 0.15) is 6.92 Å². The van der Waals surface area contributed by atoms with Crippen molar-refractivity contribution in [1.29, 1.82) is 0 Å². The van der Waals surface area contributed by atoms with Crippen LogP contribution in [-0.2, 0) is 4.79 Å². The van der Waals surface area contributed by atoms with E-state index in [-0.39, 0.29) is 5.34 Å². The minimum Gasteiger partial charge on any atom is -0.479 e. The summed E-state index contributed by atoms with van der Waals surface area (Å²) in [6, 6.07) is 0. The average Bonchev–Trinajstić information content (AvgIpc) is 1.90. The fourth-order valence-electron chi connectivity index (χ4n) is 0.229. The highest BCUT2D eigenvalue weighted by Crippen LogP contribution is 2.05. The van der Waals surface area contributed by atoms with Gasteiger partial charge < -0.3 is 10.2 Å². The molecule has 0 radical (unpaired) electrons. The second-order valence-electron chi connectivity index (χ2n) is 1.25. The number of aliphatic hydroxyl groups excluding tert-OH is 1. The predicted octanol–water partition coefficient (Wildman–Crippen LogP) is 1.56. The van der Waals surface area contributed by atoms with E-state index in [1.165, 1.54) is 0 Å². The van der Waals surface area contributed by atoms with Crippen molar-refractivity contribution in [1.82, 2.24) is 0 Å². The molecule has 2 N–H and O–H groups in total. The molecule has 6 heteroatoms. The van der Waals surface area contributed by atoms with Gasteiger partial charge in [0.25, 0.3) is 0 Å². The van der Waals surface area contributed by atoms with E-state index in [0.717, 1.165) is 11.8 Å². The van der Waals surface area contributed by atoms with Gasteiger partial charge in [0, 0.05) is 0 Å². The van der Waals surface area contributed by atoms with Gasteiger partial charge in [0.1, 0.15) is 0 Å². The molecule has 0 heterocycles. The maximum absolute atomic E-state index is 9.82. The number of carbonyl (C=O) groups is 1. The smallest absolute Gasteiger partial charge is 0.343 e. The van der Waals surface area contributed by atoms with Crippen molar-refractivity contribution in [2.24, 2.45) is 0 Å². The van der Waals surface area contributed by atoms with Gasteiger partial charge in [0.15, 0.2) is 5.44 Å². The molecular formula is C5H10Cl2O3S. The van der Waals surface area contributed by atoms with Gasteiger partial charge in [0.2, 0.25) is 0 Å². The van der Waals surface area contributed by atoms with Gasteiger partial charge in [-0.05, 0) is 5.75 Å². The molecule has 0 saturated carbocycles. The zero-order valence-corrected chi connectivity index (χ0v) is 8.29. The predicted molar refractivity (Wildman–Crippen MR) is 48.3 cm³/mol. The Morgan fingerprint density at radius 2 is 2.00 bits per heavy atom. The van der Waals surface area contributed by atoms with Gasteiger partial charge >= 0.3 is 5.97 Å². The quantitative estimate of drug-likeness (QED) is 0.561. The van der Waals surface area contributed by atoms with Crippen LogP contribution in [0.15, 0.2) is 0 Å². The Morgan fingerprint density at radius 3 is 2.09 bits per heavy atom. The van der Waals surface area contributed by atoms with E-state index in [1.807, 2.05) is 0 Å². The highest BCUT2D eigenvalue weighted by molar-refractivity contribution is 8.00. The molecule has 1 atom stereocenters. The molecule has 68 valence electrons. The number of carboxylic acid groups (broad SMARTS) is 1. The first-order valence-corrected chi connectivity index (χ1v) is 4.86. The highest BCUT2D eigenvalue weighted by Gasteiger charge is 2.10. The van der Waals surface area contributed by atoms with Crippen LogP contribution < -0.4 is 0 Å². The SMILES string of the molecule is CCSC(O)C(=O)O.ClCCl. The number of aliphatic hydroxyl groups is 1. The number of carboxylic acids is 1. The van der Waals surface area contributed by atoms with Crippen molar-refractivity contribution in [2.45, 2.75) is 12.4 Å². The lowest BCUT2D eigenvalue weighted by Gasteiger charge is -1.99. The van der Waals surface area contributed by atoms with E-state index in [0.29, 0.717) is 5.75 Å². The molecule has 0 aliphatic heterocycles. The topological polar surface area (TPSA) is 57.5 Å². The standard InChI is InChI=1S/C4H8O3S.CH2Cl2/c1-2-8-4(7)3(5)6;2-1-3/h4,7H,2H2,1H3,(H,5,6);1H2. The molecule has 0 saturated heterocycles. The van der Waals surface area contributed by atoms with Crippen LogP contribution in [0.4, 0.5) is 0 Å². The number of rotatable bonds is 3. The maximum atomic E-state index is 9.82. The lowest BCUT2D eigenvalue weighted by Crippen LogP contribution is -2.14. The van der Waals surface area contributed by atoms with Crippen molar-refractivity contribution in [3.63, 3.8) is 0 Å². The zero-order chi connectivity index (χ0) is 9.28. The van der Waals surface area contributed by atoms with Crippen molar-refractivity contribution in [3.05, 3.63) is 0 Å². The number of aliphatic carboxylic acids is 1. The molecule has 11 heavy (non-hydrogen) atoms. The lowest BCUT2D eigenvalue weighted by molar-refractivity contribution is -0.141. The van der Waals surface area contributed by atoms with Crippen LogP contribution >= 0.6 is 35.0 Å². The summed E-state index contributed by atoms with van der Waals surface area (Å²) in [5.74, 6) is -0.551. The third kappa shape index (κ3) is 13.4. The molecule has 0 fully saturated rings. The molecule has 0 aromatic rings. The lowest BCUT2D eigenvalue weighted by atomic mass is 10.7. The molecule has 0 aliphatic carbocycles. The number of hydrogen-bond donors (Lipinski definition) is 2. The average molecular weight is 221 g/mol. The highest BCUT2D eigenvalue weighted by atomic mass is 35.5. The van der Waals surface area contributed by atoms with Gasteiger partial charge in [-0.3, -0.25) is 0 Å². The Kier molecular flexibility index (Phi) is 13.1. The van der Waals surface area contributed by atoms with Crippen LogP contribution in [0.25, 0.3) is 0 Å². The largest absolute Gasteiger partial charge is 0.479 e. The minimum absolute atomic E-state index is 0.194. The molecule has 0 bridgehead atoms. The fourth-order valence-corrected chi connectivity index (χ4v) is 0.687. The summed E-state index contributed by atoms with van der Waals surface area (Å²) in [4.78, 5) is 9.82. The molecule has 0 aromatic heterocycles. The molecule has 0 aromatic carbocycles. The molecular weight excluding hydrogens is 211 g/mol. The van der Waals surface area contributed by atoms with Gasteiger partial charge in [-0.15, -0.1) is 35.0 Å². The van der Waals surface area contributed by atoms with E-state index in [4.69, 9.17) is 33.4 Å². The Bertz CT molecular complexity index is 102. The summed E-state index contributed by atoms with van der Waals surface area (Å²) in [7, 11) is 0. The summed E-state index contributed by atoms with van der Waals surface area (Å²) in [5.41, 5.74) is -1.25. The Balaban J connectivity index is 0. The van der Waals surface area contributed by atoms with Crippen LogP contribution in [0.2, 0.25) is 0 Å². The van der Waals surface area contributed by atoms with Gasteiger partial charge in [0.05, 0.1) is 5.34 Å². The molecule has 0 aliphatic rings. The van der Waals surface area contributed by atoms with E-state index >= 15 is 0 Å². The number of halogens is 2. The minimum atomic E-state index is -1.25. The molecule has 0 amide bonds. The van der Waals surface area contributed by atoms with Gasteiger partial charge in [-0.25, -0.2) is 4.79 Å². The van der Waals surface area contributed by atoms with Crippen molar-refractivity contribution in [3.8, 4) is 0 Å². The molecule has 0 spiro atoms. The maximum Gasteiger partial charge on any atom is 0.343 e. The molecule has 3 nitrogen and oxygen atoms in total. The van der Waals surface area contributed by atoms with Crippen LogP contribution in [0.3, 0.4) is 0 Å². The number of alkyl halides is 2. The van der Waals surface area contributed by atoms with Crippen LogP contribution in [0, 0.1) is 0 Å². The van der Waals surface area contributed by atoms with Crippen molar-refractivity contribution >= 4 is 40.9 Å². The summed E-state index contributed by atoms with van der Waals surface area (Å²) in [6.07, 6.45) is 0. The van der Waals surface area contributed by atoms with Crippen molar-refractivity contribution < 1.29 is 15.0 Å². The first-order valence-electron chi connectivity index (χ1n) is 2.74. The van der Waals surface area contributed by atoms with E-state index in [1.54, 1.807) is 6.92 Å². The third-order valence-electron chi connectivity index (χ3n) is 0.536.